The van der Waals surface area contributed by atoms with E-state index in [2.05, 4.69) is 47.7 Å². The second kappa shape index (κ2) is 6.16. The lowest BCUT2D eigenvalue weighted by molar-refractivity contribution is 0.111. The molecule has 21 heavy (non-hydrogen) atoms. The van der Waals surface area contributed by atoms with E-state index < -0.39 is 0 Å². The highest BCUT2D eigenvalue weighted by atomic mass is 15.2. The molecule has 2 N–H and O–H groups in total. The van der Waals surface area contributed by atoms with Crippen LogP contribution in [0, 0.1) is 0 Å². The Hall–Kier alpha value is -1.39. The van der Waals surface area contributed by atoms with Gasteiger partial charge in [0.2, 0.25) is 0 Å². The molecule has 3 heterocycles. The van der Waals surface area contributed by atoms with E-state index in [4.69, 9.17) is 10.7 Å². The maximum atomic E-state index is 5.70. The van der Waals surface area contributed by atoms with Crippen molar-refractivity contribution >= 4 is 5.65 Å². The molecule has 0 saturated carbocycles. The second-order valence-corrected chi connectivity index (χ2v) is 6.42. The first-order valence-corrected chi connectivity index (χ1v) is 8.09. The molecule has 1 aliphatic heterocycles. The minimum Gasteiger partial charge on any atom is -0.326 e. The van der Waals surface area contributed by atoms with Crippen molar-refractivity contribution in [2.45, 2.75) is 58.2 Å². The second-order valence-electron chi connectivity index (χ2n) is 6.42. The number of pyridine rings is 1. The fourth-order valence-electron chi connectivity index (χ4n) is 3.47. The van der Waals surface area contributed by atoms with Crippen LogP contribution in [0.15, 0.2) is 24.5 Å². The van der Waals surface area contributed by atoms with Crippen LogP contribution in [-0.2, 0) is 13.0 Å². The van der Waals surface area contributed by atoms with Gasteiger partial charge in [0.15, 0.2) is 0 Å². The standard InChI is InChI=1S/C17H26N4/c1-13(2)21-7-4-3-5-16(21)10-15-12-20-8-6-14(11-18)9-17(20)19-15/h6,8-9,12-13,16H,3-5,7,10-11,18H2,1-2H3. The number of aromatic nitrogens is 2. The summed E-state index contributed by atoms with van der Waals surface area (Å²) >= 11 is 0. The van der Waals surface area contributed by atoms with Crippen molar-refractivity contribution in [1.29, 1.82) is 0 Å². The van der Waals surface area contributed by atoms with Crippen molar-refractivity contribution in [3.8, 4) is 0 Å². The summed E-state index contributed by atoms with van der Waals surface area (Å²) in [7, 11) is 0. The zero-order chi connectivity index (χ0) is 14.8. The Bertz CT molecular complexity index is 602. The number of hydrogen-bond donors (Lipinski definition) is 1. The van der Waals surface area contributed by atoms with Crippen molar-refractivity contribution in [2.24, 2.45) is 5.73 Å². The summed E-state index contributed by atoms with van der Waals surface area (Å²) in [5, 5.41) is 0. The van der Waals surface area contributed by atoms with Crippen LogP contribution in [0.3, 0.4) is 0 Å². The van der Waals surface area contributed by atoms with Gasteiger partial charge >= 0.3 is 0 Å². The molecule has 4 nitrogen and oxygen atoms in total. The monoisotopic (exact) mass is 286 g/mol. The van der Waals surface area contributed by atoms with E-state index in [-0.39, 0.29) is 0 Å². The fourth-order valence-corrected chi connectivity index (χ4v) is 3.47. The molecule has 1 unspecified atom stereocenters. The fraction of sp³-hybridized carbons (Fsp3) is 0.588. The summed E-state index contributed by atoms with van der Waals surface area (Å²) in [6, 6.07) is 5.41. The van der Waals surface area contributed by atoms with E-state index in [0.29, 0.717) is 18.6 Å². The first kappa shape index (κ1) is 14.5. The summed E-state index contributed by atoms with van der Waals surface area (Å²) < 4.78 is 2.11. The molecule has 0 bridgehead atoms. The van der Waals surface area contributed by atoms with Gasteiger partial charge in [-0.3, -0.25) is 4.90 Å². The number of fused-ring (bicyclic) bond motifs is 1. The molecule has 0 aliphatic carbocycles. The Kier molecular flexibility index (Phi) is 4.27. The number of nitrogens with two attached hydrogens (primary N) is 1. The zero-order valence-electron chi connectivity index (χ0n) is 13.1. The van der Waals surface area contributed by atoms with E-state index in [1.165, 1.54) is 31.5 Å². The number of piperidine rings is 1. The highest BCUT2D eigenvalue weighted by molar-refractivity contribution is 5.43. The van der Waals surface area contributed by atoms with Crippen LogP contribution in [0.5, 0.6) is 0 Å². The van der Waals surface area contributed by atoms with Gasteiger partial charge in [0.25, 0.3) is 0 Å². The number of likely N-dealkylation sites (tertiary alicyclic amines) is 1. The minimum atomic E-state index is 0.572. The quantitative estimate of drug-likeness (QED) is 0.939. The van der Waals surface area contributed by atoms with E-state index in [0.717, 1.165) is 17.6 Å². The van der Waals surface area contributed by atoms with E-state index in [9.17, 15) is 0 Å². The molecule has 2 aromatic heterocycles. The molecule has 0 aromatic carbocycles. The Morgan fingerprint density at radius 3 is 3.00 bits per heavy atom. The van der Waals surface area contributed by atoms with Crippen molar-refractivity contribution in [1.82, 2.24) is 14.3 Å². The van der Waals surface area contributed by atoms with Crippen LogP contribution < -0.4 is 5.73 Å². The third-order valence-electron chi connectivity index (χ3n) is 4.59. The molecule has 0 spiro atoms. The zero-order valence-corrected chi connectivity index (χ0v) is 13.1. The molecular formula is C17H26N4. The number of hydrogen-bond acceptors (Lipinski definition) is 3. The summed E-state index contributed by atoms with van der Waals surface area (Å²) in [5.41, 5.74) is 9.05. The minimum absolute atomic E-state index is 0.572. The Balaban J connectivity index is 1.80. The van der Waals surface area contributed by atoms with Gasteiger partial charge in [0.1, 0.15) is 5.65 Å². The van der Waals surface area contributed by atoms with Gasteiger partial charge in [0.05, 0.1) is 5.69 Å². The molecule has 4 heteroatoms. The first-order valence-electron chi connectivity index (χ1n) is 8.09. The Morgan fingerprint density at radius 2 is 2.24 bits per heavy atom. The van der Waals surface area contributed by atoms with Gasteiger partial charge < -0.3 is 10.1 Å². The van der Waals surface area contributed by atoms with Crippen LogP contribution in [-0.4, -0.2) is 32.9 Å². The smallest absolute Gasteiger partial charge is 0.137 e. The third kappa shape index (κ3) is 3.11. The summed E-state index contributed by atoms with van der Waals surface area (Å²) in [5.74, 6) is 0. The summed E-state index contributed by atoms with van der Waals surface area (Å²) in [6.45, 7) is 6.40. The lowest BCUT2D eigenvalue weighted by Crippen LogP contribution is -2.45. The lowest BCUT2D eigenvalue weighted by Gasteiger charge is -2.38. The molecule has 0 radical (unpaired) electrons. The third-order valence-corrected chi connectivity index (χ3v) is 4.59. The molecule has 1 atom stereocenters. The predicted octanol–water partition coefficient (Wildman–Crippen LogP) is 2.60. The Morgan fingerprint density at radius 1 is 1.38 bits per heavy atom. The highest BCUT2D eigenvalue weighted by Crippen LogP contribution is 2.22. The van der Waals surface area contributed by atoms with Crippen LogP contribution in [0.4, 0.5) is 0 Å². The topological polar surface area (TPSA) is 46.6 Å². The molecule has 1 fully saturated rings. The summed E-state index contributed by atoms with van der Waals surface area (Å²) in [4.78, 5) is 7.43. The maximum Gasteiger partial charge on any atom is 0.137 e. The normalized spacial score (nSPS) is 20.5. The number of imidazole rings is 1. The average molecular weight is 286 g/mol. The van der Waals surface area contributed by atoms with Crippen LogP contribution in [0.1, 0.15) is 44.4 Å². The van der Waals surface area contributed by atoms with Crippen molar-refractivity contribution in [3.05, 3.63) is 35.8 Å². The average Bonchev–Trinajstić information content (AvgIpc) is 2.88. The number of nitrogens with zero attached hydrogens (tertiary/aromatic N) is 3. The van der Waals surface area contributed by atoms with Gasteiger partial charge in [-0.05, 0) is 50.9 Å². The Labute approximate surface area is 127 Å². The highest BCUT2D eigenvalue weighted by Gasteiger charge is 2.25. The van der Waals surface area contributed by atoms with Gasteiger partial charge in [-0.2, -0.15) is 0 Å². The van der Waals surface area contributed by atoms with Gasteiger partial charge in [-0.25, -0.2) is 4.98 Å². The van der Waals surface area contributed by atoms with Crippen molar-refractivity contribution < 1.29 is 0 Å². The van der Waals surface area contributed by atoms with Crippen LogP contribution >= 0.6 is 0 Å². The molecular weight excluding hydrogens is 260 g/mol. The SMILES string of the molecule is CC(C)N1CCCCC1Cc1cn2ccc(CN)cc2n1. The molecule has 0 amide bonds. The largest absolute Gasteiger partial charge is 0.326 e. The molecule has 2 aromatic rings. The van der Waals surface area contributed by atoms with E-state index >= 15 is 0 Å². The van der Waals surface area contributed by atoms with Crippen molar-refractivity contribution in [2.75, 3.05) is 6.54 Å². The van der Waals surface area contributed by atoms with Gasteiger partial charge in [-0.1, -0.05) is 6.42 Å². The molecule has 1 aliphatic rings. The van der Waals surface area contributed by atoms with E-state index in [1.807, 2.05) is 0 Å². The molecule has 114 valence electrons. The predicted molar refractivity (Wildman–Crippen MR) is 86.3 cm³/mol. The lowest BCUT2D eigenvalue weighted by atomic mass is 9.97. The van der Waals surface area contributed by atoms with Crippen molar-refractivity contribution in [3.63, 3.8) is 0 Å². The molecule has 1 saturated heterocycles. The van der Waals surface area contributed by atoms with E-state index in [1.54, 1.807) is 0 Å². The molecule has 3 rings (SSSR count). The van der Waals surface area contributed by atoms with Crippen LogP contribution in [0.25, 0.3) is 5.65 Å². The van der Waals surface area contributed by atoms with Gasteiger partial charge in [-0.15, -0.1) is 0 Å². The maximum absolute atomic E-state index is 5.70. The number of rotatable bonds is 4. The summed E-state index contributed by atoms with van der Waals surface area (Å²) in [6.07, 6.45) is 9.26. The van der Waals surface area contributed by atoms with Gasteiger partial charge in [0, 0.05) is 37.4 Å². The first-order chi connectivity index (χ1) is 10.2. The van der Waals surface area contributed by atoms with Crippen LogP contribution in [0.2, 0.25) is 0 Å².